The third kappa shape index (κ3) is 5.45. The van der Waals surface area contributed by atoms with Gasteiger partial charge in [0.2, 0.25) is 11.8 Å². The minimum absolute atomic E-state index is 0.00269. The summed E-state index contributed by atoms with van der Waals surface area (Å²) >= 11 is 0. The number of piperazine rings is 1. The van der Waals surface area contributed by atoms with Gasteiger partial charge in [0.25, 0.3) is 0 Å². The van der Waals surface area contributed by atoms with Gasteiger partial charge in [-0.25, -0.2) is 14.8 Å². The van der Waals surface area contributed by atoms with Crippen molar-refractivity contribution in [1.29, 1.82) is 0 Å². The van der Waals surface area contributed by atoms with Crippen molar-refractivity contribution < 1.29 is 14.4 Å². The largest absolute Gasteiger partial charge is 0.334 e. The van der Waals surface area contributed by atoms with Crippen molar-refractivity contribution in [2.45, 2.75) is 24.8 Å². The highest BCUT2D eigenvalue weighted by Crippen LogP contribution is 2.24. The molecule has 10 nitrogen and oxygen atoms in total. The summed E-state index contributed by atoms with van der Waals surface area (Å²) in [5.74, 6) is -0.345. The third-order valence-electron chi connectivity index (χ3n) is 6.51. The summed E-state index contributed by atoms with van der Waals surface area (Å²) in [6, 6.07) is 9.12. The number of fused-ring (bicyclic) bond motifs is 1. The highest BCUT2D eigenvalue weighted by molar-refractivity contribution is 5.89. The first-order valence-corrected chi connectivity index (χ1v) is 11.8. The molecule has 0 bridgehead atoms. The summed E-state index contributed by atoms with van der Waals surface area (Å²) in [5, 5.41) is 9.33. The molecule has 4 rings (SSSR count). The van der Waals surface area contributed by atoms with Gasteiger partial charge in [0.15, 0.2) is 0 Å². The van der Waals surface area contributed by atoms with E-state index >= 15 is 0 Å². The van der Waals surface area contributed by atoms with Crippen LogP contribution in [0.4, 0.5) is 4.79 Å². The van der Waals surface area contributed by atoms with Crippen LogP contribution in [-0.2, 0) is 16.1 Å². The summed E-state index contributed by atoms with van der Waals surface area (Å²) < 4.78 is 0. The van der Waals surface area contributed by atoms with Gasteiger partial charge in [0.1, 0.15) is 12.7 Å². The van der Waals surface area contributed by atoms with Gasteiger partial charge in [-0.15, -0.1) is 6.58 Å². The molecule has 1 aromatic rings. The van der Waals surface area contributed by atoms with Crippen LogP contribution in [0.1, 0.15) is 5.56 Å². The molecular weight excluding hydrogens is 446 g/mol. The Morgan fingerprint density at radius 1 is 1.20 bits per heavy atom. The Kier molecular flexibility index (Phi) is 7.64. The second kappa shape index (κ2) is 10.9. The molecule has 0 spiro atoms. The van der Waals surface area contributed by atoms with Crippen LogP contribution < -0.4 is 16.4 Å². The van der Waals surface area contributed by atoms with Crippen molar-refractivity contribution in [3.05, 3.63) is 72.4 Å². The zero-order valence-corrected chi connectivity index (χ0v) is 20.0. The standard InChI is InChI=1S/C25H33N7O3/c1-3-11-30-16-24(34)31-17-23(33)29(14-19-9-10-21(27-2)20(26)12-19)15-22(31)32(30)25(35)28-13-18-7-5-4-6-8-18/h3-10,12,20-22,27H,1,11,13-17,26H2,2H3,(H,28,35). The molecule has 2 heterocycles. The van der Waals surface area contributed by atoms with Crippen LogP contribution in [0.2, 0.25) is 0 Å². The Morgan fingerprint density at radius 3 is 2.66 bits per heavy atom. The molecule has 1 aliphatic carbocycles. The first kappa shape index (κ1) is 24.6. The van der Waals surface area contributed by atoms with Gasteiger partial charge in [0, 0.05) is 31.7 Å². The van der Waals surface area contributed by atoms with E-state index in [4.69, 9.17) is 5.73 Å². The van der Waals surface area contributed by atoms with E-state index in [1.165, 1.54) is 4.90 Å². The van der Waals surface area contributed by atoms with Crippen molar-refractivity contribution >= 4 is 17.8 Å². The lowest BCUT2D eigenvalue weighted by atomic mass is 9.98. The van der Waals surface area contributed by atoms with E-state index in [0.29, 0.717) is 19.6 Å². The number of hydrazine groups is 1. The average molecular weight is 480 g/mol. The number of hydrogen-bond donors (Lipinski definition) is 3. The number of urea groups is 1. The van der Waals surface area contributed by atoms with E-state index in [2.05, 4.69) is 17.2 Å². The molecule has 10 heteroatoms. The van der Waals surface area contributed by atoms with Gasteiger partial charge in [-0.1, -0.05) is 54.6 Å². The molecule has 3 unspecified atom stereocenters. The number of hydrogen-bond acceptors (Lipinski definition) is 6. The molecule has 0 aromatic heterocycles. The fraction of sp³-hybridized carbons (Fsp3) is 0.400. The lowest BCUT2D eigenvalue weighted by molar-refractivity contribution is -0.179. The second-order valence-electron chi connectivity index (χ2n) is 8.89. The van der Waals surface area contributed by atoms with Gasteiger partial charge in [-0.05, 0) is 18.2 Å². The van der Waals surface area contributed by atoms with E-state index < -0.39 is 6.17 Å². The number of nitrogens with one attached hydrogen (secondary N) is 2. The van der Waals surface area contributed by atoms with E-state index in [-0.39, 0.29) is 49.6 Å². The monoisotopic (exact) mass is 479 g/mol. The Hall–Kier alpha value is -3.47. The van der Waals surface area contributed by atoms with E-state index in [1.807, 2.05) is 55.6 Å². The van der Waals surface area contributed by atoms with Gasteiger partial charge in [-0.2, -0.15) is 0 Å². The number of likely N-dealkylation sites (N-methyl/N-ethyl adjacent to an activating group) is 1. The van der Waals surface area contributed by atoms with Crippen molar-refractivity contribution in [2.75, 3.05) is 39.8 Å². The Labute approximate surface area is 205 Å². The number of benzene rings is 1. The first-order valence-electron chi connectivity index (χ1n) is 11.8. The van der Waals surface area contributed by atoms with E-state index in [1.54, 1.807) is 21.0 Å². The number of carbonyl (C=O) groups excluding carboxylic acids is 3. The fourth-order valence-electron chi connectivity index (χ4n) is 4.67. The topological polar surface area (TPSA) is 114 Å². The Morgan fingerprint density at radius 2 is 1.97 bits per heavy atom. The fourth-order valence-corrected chi connectivity index (χ4v) is 4.67. The van der Waals surface area contributed by atoms with Crippen LogP contribution in [0.3, 0.4) is 0 Å². The van der Waals surface area contributed by atoms with Crippen LogP contribution in [0, 0.1) is 0 Å². The number of amides is 4. The van der Waals surface area contributed by atoms with Gasteiger partial charge in [0.05, 0.1) is 13.1 Å². The van der Waals surface area contributed by atoms with E-state index in [9.17, 15) is 14.4 Å². The summed E-state index contributed by atoms with van der Waals surface area (Å²) in [6.45, 7) is 4.95. The van der Waals surface area contributed by atoms with Crippen molar-refractivity contribution in [2.24, 2.45) is 5.73 Å². The van der Waals surface area contributed by atoms with Crippen LogP contribution in [0.5, 0.6) is 0 Å². The highest BCUT2D eigenvalue weighted by Gasteiger charge is 2.46. The second-order valence-corrected chi connectivity index (χ2v) is 8.89. The van der Waals surface area contributed by atoms with Gasteiger partial charge < -0.3 is 26.2 Å². The molecule has 2 saturated heterocycles. The zero-order chi connectivity index (χ0) is 24.9. The molecule has 3 aliphatic rings. The normalized spacial score (nSPS) is 24.8. The van der Waals surface area contributed by atoms with Crippen LogP contribution in [-0.4, -0.2) is 95.7 Å². The third-order valence-corrected chi connectivity index (χ3v) is 6.51. The number of rotatable bonds is 7. The number of nitrogens with zero attached hydrogens (tertiary/aromatic N) is 4. The molecule has 2 aliphatic heterocycles. The SMILES string of the molecule is C=CCN1CC(=O)N2CC(=O)N(CC3=CC(N)C(NC)C=C3)CC2N1C(=O)NCc1ccccc1. The lowest BCUT2D eigenvalue weighted by Gasteiger charge is -2.52. The molecule has 0 radical (unpaired) electrons. The maximum atomic E-state index is 13.4. The van der Waals surface area contributed by atoms with Gasteiger partial charge in [-0.3, -0.25) is 9.59 Å². The summed E-state index contributed by atoms with van der Waals surface area (Å²) in [6.07, 6.45) is 6.94. The number of nitrogens with two attached hydrogens (primary N) is 1. The molecular formula is C25H33N7O3. The molecule has 4 amide bonds. The van der Waals surface area contributed by atoms with Crippen LogP contribution in [0.15, 0.2) is 66.8 Å². The van der Waals surface area contributed by atoms with Crippen molar-refractivity contribution in [3.8, 4) is 0 Å². The summed E-state index contributed by atoms with van der Waals surface area (Å²) in [7, 11) is 1.85. The van der Waals surface area contributed by atoms with Crippen LogP contribution in [0.25, 0.3) is 0 Å². The molecule has 186 valence electrons. The molecule has 35 heavy (non-hydrogen) atoms. The van der Waals surface area contributed by atoms with Crippen molar-refractivity contribution in [3.63, 3.8) is 0 Å². The minimum atomic E-state index is -0.614. The summed E-state index contributed by atoms with van der Waals surface area (Å²) in [4.78, 5) is 42.4. The van der Waals surface area contributed by atoms with E-state index in [0.717, 1.165) is 11.1 Å². The van der Waals surface area contributed by atoms with Crippen LogP contribution >= 0.6 is 0 Å². The maximum Gasteiger partial charge on any atom is 0.334 e. The van der Waals surface area contributed by atoms with Crippen molar-refractivity contribution in [1.82, 2.24) is 30.5 Å². The summed E-state index contributed by atoms with van der Waals surface area (Å²) in [5.41, 5.74) is 8.11. The minimum Gasteiger partial charge on any atom is -0.333 e. The smallest absolute Gasteiger partial charge is 0.333 e. The highest BCUT2D eigenvalue weighted by atomic mass is 16.2. The lowest BCUT2D eigenvalue weighted by Crippen LogP contribution is -2.74. The molecule has 4 N–H and O–H groups in total. The quantitative estimate of drug-likeness (QED) is 0.476. The zero-order valence-electron chi connectivity index (χ0n) is 20.0. The predicted molar refractivity (Wildman–Crippen MR) is 132 cm³/mol. The maximum absolute atomic E-state index is 13.4. The predicted octanol–water partition coefficient (Wildman–Crippen LogP) is 0.0232. The Bertz CT molecular complexity index is 1030. The first-order chi connectivity index (χ1) is 16.9. The Balaban J connectivity index is 1.52. The number of carbonyl (C=O) groups is 3. The average Bonchev–Trinajstić information content (AvgIpc) is 2.85. The molecule has 2 fully saturated rings. The molecule has 0 saturated carbocycles. The molecule has 3 atom stereocenters. The van der Waals surface area contributed by atoms with Gasteiger partial charge >= 0.3 is 6.03 Å². The molecule has 1 aromatic carbocycles.